The maximum atomic E-state index is 11.2. The molecule has 0 aromatic heterocycles. The van der Waals surface area contributed by atoms with Crippen molar-refractivity contribution in [2.45, 2.75) is 156 Å². The largest absolute Gasteiger partial charge is 0.507 e. The van der Waals surface area contributed by atoms with Gasteiger partial charge in [0, 0.05) is 6.61 Å². The number of aromatic hydroxyl groups is 2. The van der Waals surface area contributed by atoms with E-state index in [1.165, 1.54) is 30.4 Å². The molecule has 1 aliphatic carbocycles. The Kier molecular flexibility index (Phi) is 10.1. The van der Waals surface area contributed by atoms with E-state index in [-0.39, 0.29) is 27.8 Å². The number of rotatable bonds is 7. The first kappa shape index (κ1) is 33.5. The summed E-state index contributed by atoms with van der Waals surface area (Å²) in [5.74, 6) is 1.42. The van der Waals surface area contributed by atoms with Crippen LogP contribution in [0, 0.1) is 5.92 Å². The van der Waals surface area contributed by atoms with Crippen LogP contribution in [0.15, 0.2) is 24.3 Å². The van der Waals surface area contributed by atoms with Crippen LogP contribution in [-0.4, -0.2) is 22.9 Å². The van der Waals surface area contributed by atoms with Gasteiger partial charge < -0.3 is 14.9 Å². The molecule has 41 heavy (non-hydrogen) atoms. The van der Waals surface area contributed by atoms with Crippen molar-refractivity contribution in [3.05, 3.63) is 57.6 Å². The van der Waals surface area contributed by atoms with Gasteiger partial charge in [-0.25, -0.2) is 0 Å². The van der Waals surface area contributed by atoms with Crippen LogP contribution in [0.1, 0.15) is 149 Å². The molecule has 0 amide bonds. The van der Waals surface area contributed by atoms with Gasteiger partial charge in [0.25, 0.3) is 0 Å². The predicted octanol–water partition coefficient (Wildman–Crippen LogP) is 10.0. The summed E-state index contributed by atoms with van der Waals surface area (Å²) in [6.45, 7) is 26.9. The molecule has 2 aromatic carbocycles. The van der Waals surface area contributed by atoms with Gasteiger partial charge >= 0.3 is 0 Å². The predicted molar refractivity (Wildman–Crippen MR) is 175 cm³/mol. The highest BCUT2D eigenvalue weighted by molar-refractivity contribution is 5.51. The molecule has 0 aliphatic heterocycles. The van der Waals surface area contributed by atoms with Gasteiger partial charge in [0.1, 0.15) is 11.5 Å². The van der Waals surface area contributed by atoms with Crippen molar-refractivity contribution < 1.29 is 14.9 Å². The zero-order valence-corrected chi connectivity index (χ0v) is 28.4. The number of phenolic OH excluding ortho intramolecular Hbond substituents is 2. The molecule has 0 radical (unpaired) electrons. The highest BCUT2D eigenvalue weighted by Gasteiger charge is 2.30. The van der Waals surface area contributed by atoms with Gasteiger partial charge in [-0.2, -0.15) is 0 Å². The highest BCUT2D eigenvalue weighted by Crippen LogP contribution is 2.42. The third kappa shape index (κ3) is 8.53. The van der Waals surface area contributed by atoms with Crippen LogP contribution in [-0.2, 0) is 39.2 Å². The lowest BCUT2D eigenvalue weighted by Crippen LogP contribution is -2.30. The van der Waals surface area contributed by atoms with Crippen LogP contribution in [0.2, 0.25) is 0 Å². The minimum Gasteiger partial charge on any atom is -0.507 e. The molecule has 1 aliphatic rings. The second-order valence-corrected chi connectivity index (χ2v) is 16.8. The number of phenols is 2. The quantitative estimate of drug-likeness (QED) is 0.329. The Bertz CT molecular complexity index is 1110. The van der Waals surface area contributed by atoms with E-state index in [0.29, 0.717) is 17.4 Å². The van der Waals surface area contributed by atoms with Crippen LogP contribution in [0.25, 0.3) is 0 Å². The molecule has 0 heterocycles. The molecule has 1 fully saturated rings. The molecule has 0 bridgehead atoms. The van der Waals surface area contributed by atoms with Gasteiger partial charge in [-0.05, 0) is 93.1 Å². The summed E-state index contributed by atoms with van der Waals surface area (Å²) in [4.78, 5) is 0. The minimum absolute atomic E-state index is 0.111. The Morgan fingerprint density at radius 1 is 0.610 bits per heavy atom. The second-order valence-electron chi connectivity index (χ2n) is 16.8. The summed E-state index contributed by atoms with van der Waals surface area (Å²) in [7, 11) is 0. The summed E-state index contributed by atoms with van der Waals surface area (Å²) in [6.07, 6.45) is 8.03. The number of hydrogen-bond acceptors (Lipinski definition) is 3. The molecule has 0 spiro atoms. The van der Waals surface area contributed by atoms with E-state index in [2.05, 4.69) is 107 Å². The van der Waals surface area contributed by atoms with E-state index >= 15 is 0 Å². The molecule has 0 saturated heterocycles. The molecule has 3 nitrogen and oxygen atoms in total. The first-order chi connectivity index (χ1) is 18.7. The lowest BCUT2D eigenvalue weighted by atomic mass is 9.76. The van der Waals surface area contributed by atoms with E-state index in [0.717, 1.165) is 54.5 Å². The van der Waals surface area contributed by atoms with E-state index in [9.17, 15) is 10.2 Å². The number of ether oxygens (including phenoxy) is 1. The lowest BCUT2D eigenvalue weighted by molar-refractivity contribution is -0.0115. The number of benzene rings is 2. The zero-order chi connectivity index (χ0) is 31.0. The molecule has 2 aromatic rings. The molecular weight excluding hydrogens is 504 g/mol. The molecule has 1 saturated carbocycles. The van der Waals surface area contributed by atoms with Crippen LogP contribution < -0.4 is 0 Å². The Balaban J connectivity index is 1.74. The minimum atomic E-state index is -0.115. The maximum Gasteiger partial charge on any atom is 0.123 e. The zero-order valence-electron chi connectivity index (χ0n) is 28.4. The molecule has 3 heteroatoms. The van der Waals surface area contributed by atoms with Gasteiger partial charge in [-0.15, -0.1) is 0 Å². The third-order valence-corrected chi connectivity index (χ3v) is 8.85. The molecule has 2 N–H and O–H groups in total. The Morgan fingerprint density at radius 2 is 1.00 bits per heavy atom. The molecule has 3 rings (SSSR count). The third-order valence-electron chi connectivity index (χ3n) is 8.85. The van der Waals surface area contributed by atoms with Crippen molar-refractivity contribution in [3.63, 3.8) is 0 Å². The van der Waals surface area contributed by atoms with Crippen molar-refractivity contribution in [2.24, 2.45) is 5.92 Å². The van der Waals surface area contributed by atoms with Gasteiger partial charge in [-0.1, -0.05) is 120 Å². The average molecular weight is 565 g/mol. The summed E-state index contributed by atoms with van der Waals surface area (Å²) < 4.78 is 6.63. The van der Waals surface area contributed by atoms with E-state index in [4.69, 9.17) is 4.74 Å². The van der Waals surface area contributed by atoms with Crippen molar-refractivity contribution in [2.75, 3.05) is 6.61 Å². The molecule has 2 atom stereocenters. The Morgan fingerprint density at radius 3 is 1.41 bits per heavy atom. The summed E-state index contributed by atoms with van der Waals surface area (Å²) >= 11 is 0. The summed E-state index contributed by atoms with van der Waals surface area (Å²) in [5.41, 5.74) is 6.32. The van der Waals surface area contributed by atoms with Gasteiger partial charge in [-0.3, -0.25) is 0 Å². The Labute approximate surface area is 252 Å². The van der Waals surface area contributed by atoms with Gasteiger partial charge in [0.05, 0.1) is 6.10 Å². The van der Waals surface area contributed by atoms with Crippen molar-refractivity contribution in [3.8, 4) is 11.5 Å². The van der Waals surface area contributed by atoms with E-state index < -0.39 is 0 Å². The summed E-state index contributed by atoms with van der Waals surface area (Å²) in [6, 6.07) is 8.91. The number of aryl methyl sites for hydroxylation is 1. The van der Waals surface area contributed by atoms with E-state index in [1.807, 2.05) is 0 Å². The first-order valence-corrected chi connectivity index (χ1v) is 16.0. The lowest BCUT2D eigenvalue weighted by Gasteiger charge is -2.33. The topological polar surface area (TPSA) is 49.7 Å². The normalized spacial score (nSPS) is 19.0. The van der Waals surface area contributed by atoms with Crippen molar-refractivity contribution in [1.29, 1.82) is 0 Å². The van der Waals surface area contributed by atoms with Crippen LogP contribution in [0.5, 0.6) is 11.5 Å². The molecule has 230 valence electrons. The fourth-order valence-corrected chi connectivity index (χ4v) is 6.38. The first-order valence-electron chi connectivity index (χ1n) is 16.0. The Hall–Kier alpha value is -2.00. The van der Waals surface area contributed by atoms with Crippen molar-refractivity contribution in [1.82, 2.24) is 0 Å². The molecular formula is C38H60O3. The summed E-state index contributed by atoms with van der Waals surface area (Å²) in [5, 5.41) is 22.3. The SMILES string of the molecule is CC(C)(C)c1cc(CCCOC2CCCCC2Cc2cc(C(C)(C)C)c(O)c(C(C)(C)C)c2)cc(C(C)(C)C)c1O. The smallest absolute Gasteiger partial charge is 0.123 e. The van der Waals surface area contributed by atoms with Crippen LogP contribution in [0.3, 0.4) is 0 Å². The van der Waals surface area contributed by atoms with E-state index in [1.54, 1.807) is 0 Å². The maximum absolute atomic E-state index is 11.2. The number of hydrogen-bond donors (Lipinski definition) is 2. The average Bonchev–Trinajstić information content (AvgIpc) is 2.81. The fraction of sp³-hybridized carbons (Fsp3) is 0.684. The van der Waals surface area contributed by atoms with Gasteiger partial charge in [0.2, 0.25) is 0 Å². The second kappa shape index (κ2) is 12.3. The van der Waals surface area contributed by atoms with Gasteiger partial charge in [0.15, 0.2) is 0 Å². The highest BCUT2D eigenvalue weighted by atomic mass is 16.5. The van der Waals surface area contributed by atoms with Crippen LogP contribution in [0.4, 0.5) is 0 Å². The fourth-order valence-electron chi connectivity index (χ4n) is 6.38. The van der Waals surface area contributed by atoms with Crippen molar-refractivity contribution >= 4 is 0 Å². The standard InChI is InChI=1S/C38H60O3/c1-35(2,3)28-21-25(22-29(33(28)39)36(4,5)6)16-15-19-41-32-18-14-13-17-27(32)20-26-23-30(37(7,8)9)34(40)31(24-26)38(10,11)12/h21-24,27,32,39-40H,13-20H2,1-12H3. The molecule has 2 unspecified atom stereocenters. The monoisotopic (exact) mass is 564 g/mol. The van der Waals surface area contributed by atoms with Crippen LogP contribution >= 0.6 is 0 Å².